The van der Waals surface area contributed by atoms with E-state index in [0.29, 0.717) is 27.9 Å². The molecule has 4 heterocycles. The number of aromatic nitrogens is 4. The van der Waals surface area contributed by atoms with Gasteiger partial charge in [-0.15, -0.1) is 0 Å². The molecule has 0 bridgehead atoms. The number of fused-ring (bicyclic) bond motifs is 9. The minimum absolute atomic E-state index is 0.0439. The molecule has 238 valence electrons. The molecular formula is C45H26N4O2. The lowest BCUT2D eigenvalue weighted by Gasteiger charge is -2.09. The number of furan rings is 2. The molecule has 0 aliphatic rings. The van der Waals surface area contributed by atoms with E-state index in [1.54, 1.807) is 0 Å². The summed E-state index contributed by atoms with van der Waals surface area (Å²) in [7, 11) is 0. The van der Waals surface area contributed by atoms with Crippen molar-refractivity contribution in [3.05, 3.63) is 158 Å². The number of benzene rings is 7. The first kappa shape index (κ1) is 23.3. The van der Waals surface area contributed by atoms with Gasteiger partial charge in [0.2, 0.25) is 0 Å². The van der Waals surface area contributed by atoms with E-state index in [1.807, 2.05) is 84.9 Å². The third-order valence-corrected chi connectivity index (χ3v) is 9.56. The largest absolute Gasteiger partial charge is 0.456 e. The smallest absolute Gasteiger partial charge is 0.164 e. The molecule has 0 N–H and O–H groups in total. The van der Waals surface area contributed by atoms with Gasteiger partial charge in [-0.3, -0.25) is 0 Å². The second-order valence-electron chi connectivity index (χ2n) is 12.4. The fraction of sp³-hybridized carbons (Fsp3) is 0. The Labute approximate surface area is 297 Å². The minimum atomic E-state index is -0.495. The van der Waals surface area contributed by atoms with E-state index in [4.69, 9.17) is 30.6 Å². The van der Waals surface area contributed by atoms with E-state index in [0.717, 1.165) is 54.6 Å². The second-order valence-corrected chi connectivity index (χ2v) is 12.4. The Hall–Kier alpha value is -7.05. The summed E-state index contributed by atoms with van der Waals surface area (Å²) >= 11 is 0. The lowest BCUT2D eigenvalue weighted by molar-refractivity contribution is 0.666. The zero-order valence-corrected chi connectivity index (χ0v) is 26.7. The van der Waals surface area contributed by atoms with Gasteiger partial charge in [0.05, 0.1) is 23.6 Å². The molecule has 6 nitrogen and oxygen atoms in total. The van der Waals surface area contributed by atoms with Crippen molar-refractivity contribution in [3.8, 4) is 39.9 Å². The molecule has 0 aliphatic carbocycles. The monoisotopic (exact) mass is 659 g/mol. The van der Waals surface area contributed by atoms with Gasteiger partial charge in [0, 0.05) is 49.0 Å². The molecular weight excluding hydrogens is 629 g/mol. The van der Waals surface area contributed by atoms with E-state index in [-0.39, 0.29) is 23.0 Å². The molecule has 0 fully saturated rings. The molecule has 0 radical (unpaired) electrons. The van der Waals surface area contributed by atoms with Gasteiger partial charge in [0.1, 0.15) is 16.7 Å². The number of nitrogens with zero attached hydrogens (tertiary/aromatic N) is 4. The molecule has 7 aromatic carbocycles. The normalized spacial score (nSPS) is 13.3. The summed E-state index contributed by atoms with van der Waals surface area (Å²) in [6.45, 7) is 0. The van der Waals surface area contributed by atoms with Crippen LogP contribution in [0.2, 0.25) is 0 Å². The summed E-state index contributed by atoms with van der Waals surface area (Å²) in [4.78, 5) is 14.6. The van der Waals surface area contributed by atoms with Crippen molar-refractivity contribution in [2.75, 3.05) is 0 Å². The predicted molar refractivity (Wildman–Crippen MR) is 205 cm³/mol. The average Bonchev–Trinajstić information content (AvgIpc) is 3.92. The van der Waals surface area contributed by atoms with Gasteiger partial charge >= 0.3 is 0 Å². The number of rotatable bonds is 4. The zero-order valence-electron chi connectivity index (χ0n) is 31.7. The van der Waals surface area contributed by atoms with Gasteiger partial charge < -0.3 is 13.4 Å². The summed E-state index contributed by atoms with van der Waals surface area (Å²) < 4.78 is 57.6. The Morgan fingerprint density at radius 2 is 1.10 bits per heavy atom. The van der Waals surface area contributed by atoms with E-state index in [9.17, 15) is 0 Å². The van der Waals surface area contributed by atoms with Gasteiger partial charge in [-0.1, -0.05) is 109 Å². The highest BCUT2D eigenvalue weighted by molar-refractivity contribution is 6.14. The molecule has 0 saturated heterocycles. The molecule has 0 unspecified atom stereocenters. The van der Waals surface area contributed by atoms with Crippen LogP contribution in [0.3, 0.4) is 0 Å². The first-order valence-corrected chi connectivity index (χ1v) is 16.5. The molecule has 0 saturated carbocycles. The van der Waals surface area contributed by atoms with E-state index >= 15 is 0 Å². The van der Waals surface area contributed by atoms with Crippen molar-refractivity contribution < 1.29 is 15.7 Å². The Balaban J connectivity index is 1.16. The minimum Gasteiger partial charge on any atom is -0.456 e. The molecule has 4 aromatic heterocycles. The van der Waals surface area contributed by atoms with E-state index < -0.39 is 30.2 Å². The number of hydrogen-bond donors (Lipinski definition) is 0. The Morgan fingerprint density at radius 3 is 1.90 bits per heavy atom. The highest BCUT2D eigenvalue weighted by Gasteiger charge is 2.20. The lowest BCUT2D eigenvalue weighted by atomic mass is 10.0. The highest BCUT2D eigenvalue weighted by atomic mass is 16.3. The predicted octanol–water partition coefficient (Wildman–Crippen LogP) is 11.8. The second kappa shape index (κ2) is 10.7. The van der Waals surface area contributed by atoms with Crippen LogP contribution >= 0.6 is 0 Å². The maximum absolute atomic E-state index is 8.79. The van der Waals surface area contributed by atoms with Crippen LogP contribution in [0.5, 0.6) is 0 Å². The molecule has 0 atom stereocenters. The fourth-order valence-corrected chi connectivity index (χ4v) is 7.34. The summed E-state index contributed by atoms with van der Waals surface area (Å²) in [5, 5.41) is 5.71. The van der Waals surface area contributed by atoms with Gasteiger partial charge in [-0.2, -0.15) is 0 Å². The Bertz CT molecular complexity index is 3380. The molecule has 6 heteroatoms. The quantitative estimate of drug-likeness (QED) is 0.188. The van der Waals surface area contributed by atoms with E-state index in [1.165, 1.54) is 0 Å². The van der Waals surface area contributed by atoms with Crippen LogP contribution < -0.4 is 0 Å². The molecule has 51 heavy (non-hydrogen) atoms. The van der Waals surface area contributed by atoms with Crippen molar-refractivity contribution >= 4 is 65.7 Å². The standard InChI is InChI=1S/C45H26N4O2/c1-2-12-27(13-3-1)43-46-44(48-45(47-43)33-18-11-23-40-41(33)32-16-6-9-22-38(32)50-40)28-24-25-39-34(26-28)31-17-10-21-37(42(31)51-39)49-35-19-7-4-14-29(35)30-15-5-8-20-36(30)49/h1-26H/i1D,2D,3D,12D,13D. The molecule has 11 aromatic rings. The Morgan fingerprint density at radius 1 is 0.471 bits per heavy atom. The maximum Gasteiger partial charge on any atom is 0.164 e. The Kier molecular flexibility index (Phi) is 4.91. The first-order valence-electron chi connectivity index (χ1n) is 19.0. The van der Waals surface area contributed by atoms with Crippen molar-refractivity contribution in [2.45, 2.75) is 0 Å². The summed E-state index contributed by atoms with van der Waals surface area (Å²) in [5.74, 6) is 0.480. The van der Waals surface area contributed by atoms with Crippen LogP contribution in [0.15, 0.2) is 166 Å². The summed E-state index contributed by atoms with van der Waals surface area (Å²) in [5.41, 5.74) is 6.95. The zero-order chi connectivity index (χ0) is 37.8. The van der Waals surface area contributed by atoms with Crippen LogP contribution in [0.4, 0.5) is 0 Å². The van der Waals surface area contributed by atoms with Crippen LogP contribution in [-0.2, 0) is 0 Å². The third kappa shape index (κ3) is 4.20. The molecule has 0 spiro atoms. The van der Waals surface area contributed by atoms with Crippen molar-refractivity contribution in [1.29, 1.82) is 0 Å². The average molecular weight is 660 g/mol. The first-order chi connectivity index (χ1) is 27.4. The van der Waals surface area contributed by atoms with E-state index in [2.05, 4.69) is 47.0 Å². The third-order valence-electron chi connectivity index (χ3n) is 9.56. The van der Waals surface area contributed by atoms with Gasteiger partial charge in [-0.25, -0.2) is 15.0 Å². The van der Waals surface area contributed by atoms with Gasteiger partial charge in [0.15, 0.2) is 23.1 Å². The highest BCUT2D eigenvalue weighted by Crippen LogP contribution is 2.40. The maximum atomic E-state index is 8.79. The van der Waals surface area contributed by atoms with Crippen LogP contribution in [0, 0.1) is 0 Å². The number of para-hydroxylation sites is 4. The van der Waals surface area contributed by atoms with Gasteiger partial charge in [0.25, 0.3) is 0 Å². The fourth-order valence-electron chi connectivity index (χ4n) is 7.34. The topological polar surface area (TPSA) is 69.9 Å². The van der Waals surface area contributed by atoms with Crippen LogP contribution in [-0.4, -0.2) is 19.5 Å². The summed E-state index contributed by atoms with van der Waals surface area (Å²) in [6.07, 6.45) is 0. The van der Waals surface area contributed by atoms with Crippen molar-refractivity contribution in [3.63, 3.8) is 0 Å². The molecule has 11 rings (SSSR count). The van der Waals surface area contributed by atoms with Crippen molar-refractivity contribution in [2.24, 2.45) is 0 Å². The lowest BCUT2D eigenvalue weighted by Crippen LogP contribution is -2.00. The van der Waals surface area contributed by atoms with Crippen LogP contribution in [0.25, 0.3) is 106 Å². The van der Waals surface area contributed by atoms with Crippen LogP contribution in [0.1, 0.15) is 6.85 Å². The molecule has 0 aliphatic heterocycles. The summed E-state index contributed by atoms with van der Waals surface area (Å²) in [6, 6.07) is 39.6. The SMILES string of the molecule is [2H]c1c([2H])c([2H])c(-c2nc(-c3ccc4oc5c(-n6c7ccccc7c7ccccc76)cccc5c4c3)nc(-c3cccc4oc5ccccc5c34)n2)c([2H])c1[2H]. The van der Waals surface area contributed by atoms with Gasteiger partial charge in [-0.05, 0) is 48.5 Å². The van der Waals surface area contributed by atoms with Crippen molar-refractivity contribution in [1.82, 2.24) is 19.5 Å². The molecule has 0 amide bonds. The number of hydrogen-bond acceptors (Lipinski definition) is 5.